The molecular weight excluding hydrogens is 256 g/mol. The number of aromatic nitrogens is 2. The van der Waals surface area contributed by atoms with Crippen LogP contribution in [0.3, 0.4) is 0 Å². The summed E-state index contributed by atoms with van der Waals surface area (Å²) in [5.74, 6) is 0.211. The van der Waals surface area contributed by atoms with Crippen LogP contribution in [0.2, 0.25) is 0 Å². The van der Waals surface area contributed by atoms with Crippen molar-refractivity contribution in [3.8, 4) is 0 Å². The highest BCUT2D eigenvalue weighted by Gasteiger charge is 2.15. The van der Waals surface area contributed by atoms with Crippen LogP contribution in [0, 0.1) is 0 Å². The first-order chi connectivity index (χ1) is 9.81. The lowest BCUT2D eigenvalue weighted by atomic mass is 10.3. The summed E-state index contributed by atoms with van der Waals surface area (Å²) in [4.78, 5) is 13.8. The van der Waals surface area contributed by atoms with Crippen molar-refractivity contribution in [3.63, 3.8) is 0 Å². The third-order valence-corrected chi connectivity index (χ3v) is 3.43. The Morgan fingerprint density at radius 3 is 3.00 bits per heavy atom. The Bertz CT molecular complexity index is 413. The number of morpholine rings is 1. The lowest BCUT2D eigenvalue weighted by Gasteiger charge is -2.26. The van der Waals surface area contributed by atoms with Gasteiger partial charge in [0, 0.05) is 45.3 Å². The fourth-order valence-corrected chi connectivity index (χ4v) is 2.31. The Morgan fingerprint density at radius 2 is 2.25 bits per heavy atom. The van der Waals surface area contributed by atoms with E-state index in [1.54, 1.807) is 0 Å². The molecule has 1 aromatic heterocycles. The maximum Gasteiger partial charge on any atom is 0.224 e. The van der Waals surface area contributed by atoms with E-state index in [0.717, 1.165) is 32.6 Å². The van der Waals surface area contributed by atoms with Crippen LogP contribution in [0.4, 0.5) is 0 Å². The molecule has 1 saturated heterocycles. The van der Waals surface area contributed by atoms with Gasteiger partial charge in [0.2, 0.25) is 5.91 Å². The Morgan fingerprint density at radius 1 is 1.45 bits per heavy atom. The van der Waals surface area contributed by atoms with E-state index in [0.29, 0.717) is 26.2 Å². The van der Waals surface area contributed by atoms with Crippen LogP contribution in [0.25, 0.3) is 0 Å². The second-order valence-corrected chi connectivity index (χ2v) is 4.97. The van der Waals surface area contributed by atoms with E-state index in [1.165, 1.54) is 5.69 Å². The molecule has 1 fully saturated rings. The number of hydrogen-bond donors (Lipinski definition) is 1. The van der Waals surface area contributed by atoms with E-state index in [1.807, 2.05) is 21.8 Å². The van der Waals surface area contributed by atoms with Gasteiger partial charge in [0.25, 0.3) is 0 Å². The summed E-state index contributed by atoms with van der Waals surface area (Å²) in [6.45, 7) is 7.31. The number of amides is 1. The number of hydrogen-bond acceptors (Lipinski definition) is 4. The van der Waals surface area contributed by atoms with Gasteiger partial charge in [-0.2, -0.15) is 5.10 Å². The van der Waals surface area contributed by atoms with E-state index in [9.17, 15) is 4.79 Å². The minimum atomic E-state index is 0.211. The molecule has 20 heavy (non-hydrogen) atoms. The molecular formula is C14H24N4O2. The molecule has 1 N–H and O–H groups in total. The predicted octanol–water partition coefficient (Wildman–Crippen LogP) is 0.632. The van der Waals surface area contributed by atoms with Gasteiger partial charge in [-0.15, -0.1) is 0 Å². The van der Waals surface area contributed by atoms with Crippen LogP contribution < -0.4 is 5.32 Å². The zero-order valence-electron chi connectivity index (χ0n) is 12.2. The lowest BCUT2D eigenvalue weighted by Crippen LogP contribution is -2.41. The molecule has 0 radical (unpaired) electrons. The average molecular weight is 280 g/mol. The number of nitrogens with zero attached hydrogens (tertiary/aromatic N) is 3. The van der Waals surface area contributed by atoms with Crippen molar-refractivity contribution < 1.29 is 9.53 Å². The standard InChI is InChI=1S/C14H24N4O2/c1-2-7-18-13(3-6-16-18)12-15-5-4-14(19)17-8-10-20-11-9-17/h3,6,15H,2,4-5,7-12H2,1H3. The van der Waals surface area contributed by atoms with Gasteiger partial charge in [-0.25, -0.2) is 0 Å². The SMILES string of the molecule is CCCn1nccc1CNCCC(=O)N1CCOCC1. The molecule has 1 aliphatic rings. The molecule has 6 nitrogen and oxygen atoms in total. The minimum absolute atomic E-state index is 0.211. The van der Waals surface area contributed by atoms with Crippen molar-refractivity contribution >= 4 is 5.91 Å². The van der Waals surface area contributed by atoms with Gasteiger partial charge in [-0.1, -0.05) is 6.92 Å². The van der Waals surface area contributed by atoms with Gasteiger partial charge in [0.15, 0.2) is 0 Å². The minimum Gasteiger partial charge on any atom is -0.378 e. The number of carbonyl (C=O) groups is 1. The fraction of sp³-hybridized carbons (Fsp3) is 0.714. The molecule has 2 heterocycles. The van der Waals surface area contributed by atoms with Crippen LogP contribution in [0.5, 0.6) is 0 Å². The molecule has 1 amide bonds. The summed E-state index contributed by atoms with van der Waals surface area (Å²) in [6, 6.07) is 2.02. The number of ether oxygens (including phenoxy) is 1. The first kappa shape index (κ1) is 15.0. The third kappa shape index (κ3) is 4.31. The van der Waals surface area contributed by atoms with Crippen LogP contribution in [0.15, 0.2) is 12.3 Å². The molecule has 0 bridgehead atoms. The molecule has 0 spiro atoms. The number of nitrogens with one attached hydrogen (secondary N) is 1. The summed E-state index contributed by atoms with van der Waals surface area (Å²) in [7, 11) is 0. The summed E-state index contributed by atoms with van der Waals surface area (Å²) >= 11 is 0. The van der Waals surface area contributed by atoms with E-state index >= 15 is 0 Å². The normalized spacial score (nSPS) is 15.6. The number of rotatable bonds is 7. The highest BCUT2D eigenvalue weighted by molar-refractivity contribution is 5.76. The zero-order chi connectivity index (χ0) is 14.2. The first-order valence-corrected chi connectivity index (χ1v) is 7.38. The smallest absolute Gasteiger partial charge is 0.224 e. The Labute approximate surface area is 120 Å². The second kappa shape index (κ2) is 8.01. The fourth-order valence-electron chi connectivity index (χ4n) is 2.31. The largest absolute Gasteiger partial charge is 0.378 e. The molecule has 112 valence electrons. The van der Waals surface area contributed by atoms with Gasteiger partial charge < -0.3 is 15.0 Å². The lowest BCUT2D eigenvalue weighted by molar-refractivity contribution is -0.135. The molecule has 2 rings (SSSR count). The van der Waals surface area contributed by atoms with E-state index in [-0.39, 0.29) is 5.91 Å². The van der Waals surface area contributed by atoms with Crippen molar-refractivity contribution in [1.29, 1.82) is 0 Å². The van der Waals surface area contributed by atoms with Gasteiger partial charge in [0.1, 0.15) is 0 Å². The average Bonchev–Trinajstić information content (AvgIpc) is 2.92. The maximum absolute atomic E-state index is 11.9. The Kier molecular flexibility index (Phi) is 6.01. The summed E-state index contributed by atoms with van der Waals surface area (Å²) in [5, 5.41) is 7.60. The summed E-state index contributed by atoms with van der Waals surface area (Å²) < 4.78 is 7.25. The molecule has 1 aliphatic heterocycles. The van der Waals surface area contributed by atoms with E-state index < -0.39 is 0 Å². The van der Waals surface area contributed by atoms with Gasteiger partial charge in [0.05, 0.1) is 18.9 Å². The maximum atomic E-state index is 11.9. The van der Waals surface area contributed by atoms with Crippen molar-refractivity contribution in [2.24, 2.45) is 0 Å². The van der Waals surface area contributed by atoms with Crippen LogP contribution >= 0.6 is 0 Å². The summed E-state index contributed by atoms with van der Waals surface area (Å²) in [6.07, 6.45) is 3.44. The number of carbonyl (C=O) groups excluding carboxylic acids is 1. The molecule has 0 saturated carbocycles. The second-order valence-electron chi connectivity index (χ2n) is 4.97. The Balaban J connectivity index is 1.65. The first-order valence-electron chi connectivity index (χ1n) is 7.38. The molecule has 6 heteroatoms. The Hall–Kier alpha value is -1.40. The van der Waals surface area contributed by atoms with Gasteiger partial charge >= 0.3 is 0 Å². The van der Waals surface area contributed by atoms with Crippen molar-refractivity contribution in [2.45, 2.75) is 32.9 Å². The molecule has 0 aliphatic carbocycles. The molecule has 0 aromatic carbocycles. The monoisotopic (exact) mass is 280 g/mol. The van der Waals surface area contributed by atoms with Crippen molar-refractivity contribution in [3.05, 3.63) is 18.0 Å². The van der Waals surface area contributed by atoms with Crippen LogP contribution in [0.1, 0.15) is 25.5 Å². The van der Waals surface area contributed by atoms with E-state index in [4.69, 9.17) is 4.74 Å². The van der Waals surface area contributed by atoms with Crippen molar-refractivity contribution in [1.82, 2.24) is 20.0 Å². The van der Waals surface area contributed by atoms with Gasteiger partial charge in [-0.05, 0) is 12.5 Å². The zero-order valence-corrected chi connectivity index (χ0v) is 12.2. The van der Waals surface area contributed by atoms with E-state index in [2.05, 4.69) is 17.3 Å². The predicted molar refractivity (Wildman–Crippen MR) is 76.2 cm³/mol. The highest BCUT2D eigenvalue weighted by atomic mass is 16.5. The molecule has 0 unspecified atom stereocenters. The quantitative estimate of drug-likeness (QED) is 0.744. The summed E-state index contributed by atoms with van der Waals surface area (Å²) in [5.41, 5.74) is 1.17. The van der Waals surface area contributed by atoms with Gasteiger partial charge in [-0.3, -0.25) is 9.48 Å². The third-order valence-electron chi connectivity index (χ3n) is 3.43. The van der Waals surface area contributed by atoms with Crippen molar-refractivity contribution in [2.75, 3.05) is 32.8 Å². The van der Waals surface area contributed by atoms with Crippen LogP contribution in [-0.2, 0) is 22.6 Å². The topological polar surface area (TPSA) is 59.4 Å². The van der Waals surface area contributed by atoms with Crippen LogP contribution in [-0.4, -0.2) is 53.4 Å². The number of aryl methyl sites for hydroxylation is 1. The molecule has 1 aromatic rings. The highest BCUT2D eigenvalue weighted by Crippen LogP contribution is 2.01. The molecule has 0 atom stereocenters.